The van der Waals surface area contributed by atoms with Gasteiger partial charge in [0.05, 0.1) is 0 Å². The summed E-state index contributed by atoms with van der Waals surface area (Å²) in [6.45, 7) is 7.34. The Balaban J connectivity index is 1.65. The van der Waals surface area contributed by atoms with Crippen LogP contribution in [0.4, 0.5) is 5.69 Å². The molecule has 1 heterocycles. The molecule has 0 saturated carbocycles. The molecule has 0 unspecified atom stereocenters. The van der Waals surface area contributed by atoms with Crippen LogP contribution in [0, 0.1) is 5.92 Å². The summed E-state index contributed by atoms with van der Waals surface area (Å²) in [5.74, 6) is -0.746. The summed E-state index contributed by atoms with van der Waals surface area (Å²) in [4.78, 5) is 25.6. The highest BCUT2D eigenvalue weighted by atomic mass is 16.2. The summed E-state index contributed by atoms with van der Waals surface area (Å²) >= 11 is 0. The second kappa shape index (κ2) is 9.30. The van der Waals surface area contributed by atoms with Gasteiger partial charge in [-0.15, -0.1) is 0 Å². The lowest BCUT2D eigenvalue weighted by Gasteiger charge is -2.17. The summed E-state index contributed by atoms with van der Waals surface area (Å²) < 4.78 is 0. The fourth-order valence-electron chi connectivity index (χ4n) is 2.80. The van der Waals surface area contributed by atoms with E-state index in [1.165, 1.54) is 24.1 Å². The highest BCUT2D eigenvalue weighted by Crippen LogP contribution is 2.20. The zero-order chi connectivity index (χ0) is 17.4. The molecular weight excluding hydrogens is 302 g/mol. The van der Waals surface area contributed by atoms with Crippen LogP contribution < -0.4 is 15.5 Å². The lowest BCUT2D eigenvalue weighted by atomic mass is 10.1. The number of hydrogen-bond acceptors (Lipinski definition) is 3. The number of nitrogens with zero attached hydrogens (tertiary/aromatic N) is 1. The molecule has 1 aliphatic heterocycles. The van der Waals surface area contributed by atoms with Gasteiger partial charge in [0.25, 0.3) is 0 Å². The van der Waals surface area contributed by atoms with Crippen LogP contribution in [0.1, 0.15) is 38.7 Å². The minimum atomic E-state index is -0.543. The number of hydrogen-bond donors (Lipinski definition) is 2. The maximum absolute atomic E-state index is 11.6. The predicted molar refractivity (Wildman–Crippen MR) is 97.1 cm³/mol. The van der Waals surface area contributed by atoms with Gasteiger partial charge < -0.3 is 15.5 Å². The largest absolute Gasteiger partial charge is 0.372 e. The van der Waals surface area contributed by atoms with E-state index in [9.17, 15) is 9.59 Å². The van der Waals surface area contributed by atoms with E-state index < -0.39 is 11.8 Å². The van der Waals surface area contributed by atoms with Gasteiger partial charge in [-0.05, 0) is 49.3 Å². The molecule has 1 aromatic rings. The fourth-order valence-corrected chi connectivity index (χ4v) is 2.80. The number of anilines is 1. The molecule has 1 aliphatic rings. The van der Waals surface area contributed by atoms with E-state index in [0.29, 0.717) is 19.0 Å². The number of carbonyl (C=O) groups is 2. The molecule has 0 radical (unpaired) electrons. The van der Waals surface area contributed by atoms with E-state index >= 15 is 0 Å². The van der Waals surface area contributed by atoms with E-state index in [-0.39, 0.29) is 0 Å². The van der Waals surface area contributed by atoms with Crippen molar-refractivity contribution in [3.05, 3.63) is 29.8 Å². The van der Waals surface area contributed by atoms with Gasteiger partial charge in [-0.3, -0.25) is 9.59 Å². The molecule has 0 aliphatic carbocycles. The second-order valence-corrected chi connectivity index (χ2v) is 6.82. The monoisotopic (exact) mass is 331 g/mol. The molecule has 2 N–H and O–H groups in total. The second-order valence-electron chi connectivity index (χ2n) is 6.82. The number of aryl methyl sites for hydroxylation is 1. The zero-order valence-corrected chi connectivity index (χ0v) is 14.8. The number of nitrogens with one attached hydrogen (secondary N) is 2. The third kappa shape index (κ3) is 5.87. The van der Waals surface area contributed by atoms with Crippen molar-refractivity contribution in [2.24, 2.45) is 5.92 Å². The minimum absolute atomic E-state index is 0.338. The Labute approximate surface area is 144 Å². The minimum Gasteiger partial charge on any atom is -0.372 e. The summed E-state index contributed by atoms with van der Waals surface area (Å²) in [5.41, 5.74) is 2.56. The number of amides is 2. The highest BCUT2D eigenvalue weighted by Gasteiger charge is 2.13. The van der Waals surface area contributed by atoms with Gasteiger partial charge in [-0.25, -0.2) is 0 Å². The molecule has 2 rings (SSSR count). The first-order valence-electron chi connectivity index (χ1n) is 8.96. The Bertz CT molecular complexity index is 534. The Morgan fingerprint density at radius 1 is 1.04 bits per heavy atom. The van der Waals surface area contributed by atoms with Gasteiger partial charge >= 0.3 is 11.8 Å². The third-order valence-corrected chi connectivity index (χ3v) is 4.21. The molecule has 1 fully saturated rings. The summed E-state index contributed by atoms with van der Waals surface area (Å²) in [6, 6.07) is 8.67. The molecule has 5 heteroatoms. The topological polar surface area (TPSA) is 61.4 Å². The number of benzene rings is 1. The normalized spacial score (nSPS) is 14.0. The van der Waals surface area contributed by atoms with Crippen LogP contribution in [0.5, 0.6) is 0 Å². The Hall–Kier alpha value is -2.04. The highest BCUT2D eigenvalue weighted by molar-refractivity contribution is 6.35. The molecule has 0 spiro atoms. The molecule has 0 aromatic heterocycles. The van der Waals surface area contributed by atoms with Crippen LogP contribution in [-0.2, 0) is 16.0 Å². The quantitative estimate of drug-likeness (QED) is 0.594. The first-order valence-corrected chi connectivity index (χ1v) is 8.96. The smallest absolute Gasteiger partial charge is 0.309 e. The molecule has 5 nitrogen and oxygen atoms in total. The van der Waals surface area contributed by atoms with E-state index in [4.69, 9.17) is 0 Å². The van der Waals surface area contributed by atoms with Crippen molar-refractivity contribution in [1.82, 2.24) is 10.6 Å². The van der Waals surface area contributed by atoms with Crippen LogP contribution in [0.3, 0.4) is 0 Å². The predicted octanol–water partition coefficient (Wildman–Crippen LogP) is 2.11. The fraction of sp³-hybridized carbons (Fsp3) is 0.579. The van der Waals surface area contributed by atoms with Crippen molar-refractivity contribution in [1.29, 1.82) is 0 Å². The van der Waals surface area contributed by atoms with Crippen molar-refractivity contribution in [2.75, 3.05) is 31.1 Å². The van der Waals surface area contributed by atoms with E-state index in [0.717, 1.165) is 25.9 Å². The molecule has 1 saturated heterocycles. The van der Waals surface area contributed by atoms with Gasteiger partial charge in [0.1, 0.15) is 0 Å². The van der Waals surface area contributed by atoms with Gasteiger partial charge in [-0.1, -0.05) is 26.0 Å². The maximum atomic E-state index is 11.6. The van der Waals surface area contributed by atoms with Crippen molar-refractivity contribution < 1.29 is 9.59 Å². The van der Waals surface area contributed by atoms with E-state index in [1.54, 1.807) is 0 Å². The van der Waals surface area contributed by atoms with E-state index in [2.05, 4.69) is 39.8 Å². The number of rotatable bonds is 7. The van der Waals surface area contributed by atoms with Crippen molar-refractivity contribution in [2.45, 2.75) is 39.5 Å². The van der Waals surface area contributed by atoms with Gasteiger partial charge in [0.15, 0.2) is 0 Å². The molecule has 2 amide bonds. The average Bonchev–Trinajstić information content (AvgIpc) is 3.11. The molecule has 0 atom stereocenters. The summed E-state index contributed by atoms with van der Waals surface area (Å²) in [5, 5.41) is 5.29. The van der Waals surface area contributed by atoms with Gasteiger partial charge in [-0.2, -0.15) is 0 Å². The first kappa shape index (κ1) is 18.3. The van der Waals surface area contributed by atoms with Crippen molar-refractivity contribution in [3.63, 3.8) is 0 Å². The molecule has 1 aromatic carbocycles. The maximum Gasteiger partial charge on any atom is 0.309 e. The Kier molecular flexibility index (Phi) is 7.09. The summed E-state index contributed by atoms with van der Waals surface area (Å²) in [7, 11) is 0. The van der Waals surface area contributed by atoms with Crippen LogP contribution in [0.15, 0.2) is 24.3 Å². The van der Waals surface area contributed by atoms with Crippen LogP contribution >= 0.6 is 0 Å². The lowest BCUT2D eigenvalue weighted by Crippen LogP contribution is -2.41. The zero-order valence-electron chi connectivity index (χ0n) is 14.8. The lowest BCUT2D eigenvalue weighted by molar-refractivity contribution is -0.139. The van der Waals surface area contributed by atoms with Crippen LogP contribution in [0.25, 0.3) is 0 Å². The number of carbonyl (C=O) groups excluding carboxylic acids is 2. The Morgan fingerprint density at radius 2 is 1.67 bits per heavy atom. The molecule has 24 heavy (non-hydrogen) atoms. The average molecular weight is 331 g/mol. The first-order chi connectivity index (χ1) is 11.6. The van der Waals surface area contributed by atoms with Crippen molar-refractivity contribution in [3.8, 4) is 0 Å². The standard InChI is InChI=1S/C19H29N3O2/c1-15(2)14-21-19(24)18(23)20-11-5-6-16-7-9-17(10-8-16)22-12-3-4-13-22/h7-10,15H,3-6,11-14H2,1-2H3,(H,20,23)(H,21,24). The van der Waals surface area contributed by atoms with Crippen molar-refractivity contribution >= 4 is 17.5 Å². The van der Waals surface area contributed by atoms with E-state index in [1.807, 2.05) is 13.8 Å². The van der Waals surface area contributed by atoms with Crippen LogP contribution in [0.2, 0.25) is 0 Å². The Morgan fingerprint density at radius 3 is 2.29 bits per heavy atom. The summed E-state index contributed by atoms with van der Waals surface area (Å²) in [6.07, 6.45) is 4.29. The van der Waals surface area contributed by atoms with Crippen LogP contribution in [-0.4, -0.2) is 38.0 Å². The van der Waals surface area contributed by atoms with Gasteiger partial charge in [0, 0.05) is 31.9 Å². The molecule has 132 valence electrons. The molecular formula is C19H29N3O2. The molecule has 0 bridgehead atoms. The SMILES string of the molecule is CC(C)CNC(=O)C(=O)NCCCc1ccc(N2CCCC2)cc1. The van der Waals surface area contributed by atoms with Gasteiger partial charge in [0.2, 0.25) is 0 Å². The third-order valence-electron chi connectivity index (χ3n) is 4.21.